The highest BCUT2D eigenvalue weighted by Gasteiger charge is 2.28. The largest absolute Gasteiger partial charge is 0.309 e. The molecule has 0 radical (unpaired) electrons. The fourth-order valence-electron chi connectivity index (χ4n) is 1.90. The molecule has 2 atom stereocenters. The van der Waals surface area contributed by atoms with E-state index in [1.54, 1.807) is 6.92 Å². The molecule has 0 aliphatic carbocycles. The van der Waals surface area contributed by atoms with Crippen molar-refractivity contribution in [3.63, 3.8) is 0 Å². The van der Waals surface area contributed by atoms with Gasteiger partial charge in [-0.3, -0.25) is 0 Å². The van der Waals surface area contributed by atoms with Gasteiger partial charge in [0.25, 0.3) is 0 Å². The van der Waals surface area contributed by atoms with Gasteiger partial charge in [0.2, 0.25) is 0 Å². The summed E-state index contributed by atoms with van der Waals surface area (Å²) in [6.45, 7) is 6.42. The van der Waals surface area contributed by atoms with E-state index in [9.17, 15) is 8.42 Å². The minimum absolute atomic E-state index is 0.230. The highest BCUT2D eigenvalue weighted by atomic mass is 79.9. The number of hydrogen-bond donors (Lipinski definition) is 1. The second-order valence-electron chi connectivity index (χ2n) is 4.69. The normalized spacial score (nSPS) is 15.3. The molecule has 0 amide bonds. The molecule has 0 aliphatic heterocycles. The molecule has 1 N–H and O–H groups in total. The summed E-state index contributed by atoms with van der Waals surface area (Å²) in [6, 6.07) is 3.75. The number of nitrogens with one attached hydrogen (secondary N) is 1. The molecule has 19 heavy (non-hydrogen) atoms. The van der Waals surface area contributed by atoms with Gasteiger partial charge in [-0.1, -0.05) is 38.8 Å². The Hall–Kier alpha value is 0.0900. The average Bonchev–Trinajstić information content (AvgIpc) is 2.29. The molecule has 3 nitrogen and oxygen atoms in total. The highest BCUT2D eigenvalue weighted by molar-refractivity contribution is 9.11. The smallest absolute Gasteiger partial charge is 0.151 e. The molecule has 0 spiro atoms. The first kappa shape index (κ1) is 17.1. The molecule has 0 aliphatic rings. The summed E-state index contributed by atoms with van der Waals surface area (Å²) in [4.78, 5) is 0. The zero-order valence-corrected chi connectivity index (χ0v) is 15.5. The lowest BCUT2D eigenvalue weighted by molar-refractivity contribution is 0.511. The van der Waals surface area contributed by atoms with Gasteiger partial charge >= 0.3 is 0 Å². The maximum atomic E-state index is 11.8. The highest BCUT2D eigenvalue weighted by Crippen LogP contribution is 2.32. The molecule has 0 saturated carbocycles. The first-order valence-corrected chi connectivity index (χ1v) is 9.60. The zero-order valence-electron chi connectivity index (χ0n) is 11.5. The van der Waals surface area contributed by atoms with Crippen LogP contribution in [0.4, 0.5) is 0 Å². The lowest BCUT2D eigenvalue weighted by Crippen LogP contribution is -2.35. The van der Waals surface area contributed by atoms with Gasteiger partial charge in [0, 0.05) is 21.2 Å². The van der Waals surface area contributed by atoms with Crippen molar-refractivity contribution < 1.29 is 8.42 Å². The van der Waals surface area contributed by atoms with Crippen LogP contribution in [0.2, 0.25) is 0 Å². The third-order valence-corrected chi connectivity index (χ3v) is 6.35. The first-order valence-electron chi connectivity index (χ1n) is 6.06. The molecule has 0 fully saturated rings. The van der Waals surface area contributed by atoms with Gasteiger partial charge in [-0.05, 0) is 43.7 Å². The standard InChI is InChI=1S/C13H19Br2NO2S/c1-5-16-13(9(3)19(4,17)18)10-7-11(14)8(2)6-12(10)15/h6-7,9,13,16H,5H2,1-4H3. The van der Waals surface area contributed by atoms with Crippen LogP contribution < -0.4 is 5.32 Å². The molecule has 0 heterocycles. The number of rotatable bonds is 5. The van der Waals surface area contributed by atoms with E-state index < -0.39 is 15.1 Å². The van der Waals surface area contributed by atoms with Gasteiger partial charge in [0.15, 0.2) is 9.84 Å². The Bertz CT molecular complexity index is 558. The maximum absolute atomic E-state index is 11.8. The molecule has 0 bridgehead atoms. The fourth-order valence-corrected chi connectivity index (χ4v) is 3.70. The average molecular weight is 413 g/mol. The molecule has 108 valence electrons. The van der Waals surface area contributed by atoms with E-state index in [-0.39, 0.29) is 6.04 Å². The van der Waals surface area contributed by atoms with E-state index in [1.807, 2.05) is 26.0 Å². The van der Waals surface area contributed by atoms with Gasteiger partial charge in [0.05, 0.1) is 5.25 Å². The molecule has 6 heteroatoms. The van der Waals surface area contributed by atoms with Gasteiger partial charge < -0.3 is 5.32 Å². The van der Waals surface area contributed by atoms with Gasteiger partial charge in [-0.25, -0.2) is 8.42 Å². The van der Waals surface area contributed by atoms with Gasteiger partial charge in [-0.15, -0.1) is 0 Å². The van der Waals surface area contributed by atoms with Crippen molar-refractivity contribution in [3.05, 3.63) is 32.2 Å². The van der Waals surface area contributed by atoms with Crippen molar-refractivity contribution in [2.75, 3.05) is 12.8 Å². The SMILES string of the molecule is CCNC(c1cc(Br)c(C)cc1Br)C(C)S(C)(=O)=O. The van der Waals surface area contributed by atoms with Crippen LogP contribution in [0.3, 0.4) is 0 Å². The summed E-state index contributed by atoms with van der Waals surface area (Å²) in [5, 5.41) is 2.78. The van der Waals surface area contributed by atoms with Crippen LogP contribution in [0.25, 0.3) is 0 Å². The van der Waals surface area contributed by atoms with E-state index in [1.165, 1.54) is 6.26 Å². The van der Waals surface area contributed by atoms with Gasteiger partial charge in [0.1, 0.15) is 0 Å². The number of halogens is 2. The summed E-state index contributed by atoms with van der Waals surface area (Å²) < 4.78 is 25.5. The van der Waals surface area contributed by atoms with Crippen molar-refractivity contribution in [1.29, 1.82) is 0 Å². The second kappa shape index (κ2) is 6.70. The minimum atomic E-state index is -3.11. The quantitative estimate of drug-likeness (QED) is 0.803. The lowest BCUT2D eigenvalue weighted by Gasteiger charge is -2.25. The Morgan fingerprint density at radius 1 is 1.26 bits per heavy atom. The van der Waals surface area contributed by atoms with E-state index in [2.05, 4.69) is 37.2 Å². The lowest BCUT2D eigenvalue weighted by atomic mass is 10.0. The van der Waals surface area contributed by atoms with Crippen LogP contribution in [0.15, 0.2) is 21.1 Å². The summed E-state index contributed by atoms with van der Waals surface area (Å²) in [7, 11) is -3.11. The van der Waals surface area contributed by atoms with Crippen LogP contribution in [0, 0.1) is 6.92 Å². The number of hydrogen-bond acceptors (Lipinski definition) is 3. The first-order chi connectivity index (χ1) is 8.68. The number of aryl methyl sites for hydroxylation is 1. The Kier molecular flexibility index (Phi) is 6.04. The molecule has 2 unspecified atom stereocenters. The monoisotopic (exact) mass is 411 g/mol. The second-order valence-corrected chi connectivity index (χ2v) is 8.80. The van der Waals surface area contributed by atoms with Crippen molar-refractivity contribution in [2.24, 2.45) is 0 Å². The Balaban J connectivity index is 3.31. The Morgan fingerprint density at radius 3 is 2.32 bits per heavy atom. The number of sulfone groups is 1. The van der Waals surface area contributed by atoms with Crippen LogP contribution >= 0.6 is 31.9 Å². The van der Waals surface area contributed by atoms with Crippen LogP contribution in [0.5, 0.6) is 0 Å². The predicted molar refractivity (Wildman–Crippen MR) is 87.3 cm³/mol. The molecule has 0 aromatic heterocycles. The Labute approximate surface area is 132 Å². The van der Waals surface area contributed by atoms with Crippen molar-refractivity contribution in [2.45, 2.75) is 32.1 Å². The van der Waals surface area contributed by atoms with E-state index in [0.717, 1.165) is 20.1 Å². The molecular weight excluding hydrogens is 394 g/mol. The van der Waals surface area contributed by atoms with Crippen molar-refractivity contribution in [3.8, 4) is 0 Å². The van der Waals surface area contributed by atoms with E-state index in [4.69, 9.17) is 0 Å². The zero-order chi connectivity index (χ0) is 14.8. The molecular formula is C13H19Br2NO2S. The van der Waals surface area contributed by atoms with E-state index in [0.29, 0.717) is 6.54 Å². The van der Waals surface area contributed by atoms with Crippen LogP contribution in [-0.4, -0.2) is 26.5 Å². The van der Waals surface area contributed by atoms with Crippen molar-refractivity contribution in [1.82, 2.24) is 5.32 Å². The summed E-state index contributed by atoms with van der Waals surface area (Å²) in [5.41, 5.74) is 2.06. The summed E-state index contributed by atoms with van der Waals surface area (Å²) in [5.74, 6) is 0. The third kappa shape index (κ3) is 4.28. The molecule has 1 aromatic carbocycles. The minimum Gasteiger partial charge on any atom is -0.309 e. The molecule has 1 rings (SSSR count). The summed E-state index contributed by atoms with van der Waals surface area (Å²) >= 11 is 7.03. The molecule has 1 aromatic rings. The van der Waals surface area contributed by atoms with Crippen molar-refractivity contribution >= 4 is 41.7 Å². The van der Waals surface area contributed by atoms with E-state index >= 15 is 0 Å². The van der Waals surface area contributed by atoms with Crippen LogP contribution in [0.1, 0.15) is 31.0 Å². The van der Waals surface area contributed by atoms with Crippen LogP contribution in [-0.2, 0) is 9.84 Å². The Morgan fingerprint density at radius 2 is 1.84 bits per heavy atom. The number of benzene rings is 1. The predicted octanol–water partition coefficient (Wildman–Crippen LogP) is 3.60. The molecule has 0 saturated heterocycles. The fraction of sp³-hybridized carbons (Fsp3) is 0.538. The van der Waals surface area contributed by atoms with Gasteiger partial charge in [-0.2, -0.15) is 0 Å². The topological polar surface area (TPSA) is 46.2 Å². The summed E-state index contributed by atoms with van der Waals surface area (Å²) in [6.07, 6.45) is 1.28. The third-order valence-electron chi connectivity index (χ3n) is 3.18. The maximum Gasteiger partial charge on any atom is 0.151 e.